The van der Waals surface area contributed by atoms with Crippen LogP contribution in [0, 0.1) is 0 Å². The molecule has 2 aromatic carbocycles. The van der Waals surface area contributed by atoms with Crippen molar-refractivity contribution >= 4 is 27.8 Å². The molecule has 0 atom stereocenters. The first-order valence-electron chi connectivity index (χ1n) is 7.53. The van der Waals surface area contributed by atoms with Crippen LogP contribution in [0.2, 0.25) is 0 Å². The molecule has 0 aliphatic carbocycles. The second-order valence-electron chi connectivity index (χ2n) is 5.52. The molecule has 0 aromatic heterocycles. The van der Waals surface area contributed by atoms with Crippen LogP contribution in [0.15, 0.2) is 64.7 Å². The zero-order valence-electron chi connectivity index (χ0n) is 13.6. The van der Waals surface area contributed by atoms with Crippen molar-refractivity contribution in [2.24, 2.45) is 0 Å². The third-order valence-electron chi connectivity index (χ3n) is 3.25. The molecule has 124 valence electrons. The van der Waals surface area contributed by atoms with Crippen LogP contribution in [-0.2, 0) is 0 Å². The summed E-state index contributed by atoms with van der Waals surface area (Å²) < 4.78 is 6.45. The minimum Gasteiger partial charge on any atom is -0.507 e. The maximum absolute atomic E-state index is 12.2. The maximum atomic E-state index is 12.2. The van der Waals surface area contributed by atoms with Crippen molar-refractivity contribution in [2.75, 3.05) is 6.61 Å². The van der Waals surface area contributed by atoms with Gasteiger partial charge < -0.3 is 9.84 Å². The molecule has 0 unspecified atom stereocenters. The summed E-state index contributed by atoms with van der Waals surface area (Å²) in [6.07, 6.45) is 5.10. The summed E-state index contributed by atoms with van der Waals surface area (Å²) in [7, 11) is 0. The fraction of sp³-hybridized carbons (Fsp3) is 0.150. The Morgan fingerprint density at radius 3 is 2.67 bits per heavy atom. The van der Waals surface area contributed by atoms with Gasteiger partial charge in [-0.1, -0.05) is 39.7 Å². The lowest BCUT2D eigenvalue weighted by Gasteiger charge is -2.06. The topological polar surface area (TPSA) is 46.5 Å². The highest BCUT2D eigenvalue weighted by molar-refractivity contribution is 9.10. The van der Waals surface area contributed by atoms with E-state index in [0.29, 0.717) is 12.4 Å². The Kier molecular flexibility index (Phi) is 6.38. The van der Waals surface area contributed by atoms with E-state index in [-0.39, 0.29) is 17.1 Å². The molecule has 0 aliphatic rings. The zero-order valence-corrected chi connectivity index (χ0v) is 15.2. The molecule has 3 nitrogen and oxygen atoms in total. The average molecular weight is 387 g/mol. The molecule has 0 bridgehead atoms. The quantitative estimate of drug-likeness (QED) is 0.410. The van der Waals surface area contributed by atoms with E-state index in [4.69, 9.17) is 4.74 Å². The Bertz CT molecular complexity index is 787. The first-order chi connectivity index (χ1) is 11.5. The number of rotatable bonds is 6. The molecule has 2 aromatic rings. The lowest BCUT2D eigenvalue weighted by atomic mass is 10.1. The van der Waals surface area contributed by atoms with E-state index in [1.165, 1.54) is 12.1 Å². The number of allylic oxidation sites excluding steroid dienone is 2. The van der Waals surface area contributed by atoms with Crippen LogP contribution in [-0.4, -0.2) is 17.5 Å². The van der Waals surface area contributed by atoms with Gasteiger partial charge in [0, 0.05) is 10.5 Å². The number of carbonyl (C=O) groups excluding carboxylic acids is 1. The molecule has 4 heteroatoms. The average Bonchev–Trinajstić information content (AvgIpc) is 2.52. The number of aromatic hydroxyl groups is 1. The third kappa shape index (κ3) is 5.39. The van der Waals surface area contributed by atoms with Crippen molar-refractivity contribution in [3.63, 3.8) is 0 Å². The molecule has 24 heavy (non-hydrogen) atoms. The number of carbonyl (C=O) groups is 1. The summed E-state index contributed by atoms with van der Waals surface area (Å²) >= 11 is 3.39. The molecule has 0 saturated carbocycles. The molecule has 0 heterocycles. The largest absolute Gasteiger partial charge is 0.507 e. The van der Waals surface area contributed by atoms with E-state index >= 15 is 0 Å². The number of phenols is 1. The first kappa shape index (κ1) is 18.0. The van der Waals surface area contributed by atoms with Crippen LogP contribution in [0.25, 0.3) is 6.08 Å². The predicted octanol–water partition coefficient (Wildman–Crippen LogP) is 5.40. The van der Waals surface area contributed by atoms with Crippen LogP contribution >= 0.6 is 15.9 Å². The van der Waals surface area contributed by atoms with Crippen molar-refractivity contribution in [3.05, 3.63) is 75.8 Å². The second kappa shape index (κ2) is 8.50. The van der Waals surface area contributed by atoms with Gasteiger partial charge in [-0.2, -0.15) is 0 Å². The zero-order chi connectivity index (χ0) is 17.5. The molecular formula is C20H19BrO3. The lowest BCUT2D eigenvalue weighted by molar-refractivity contribution is 0.104. The predicted molar refractivity (Wildman–Crippen MR) is 101 cm³/mol. The maximum Gasteiger partial charge on any atom is 0.189 e. The molecule has 0 amide bonds. The highest BCUT2D eigenvalue weighted by atomic mass is 79.9. The van der Waals surface area contributed by atoms with Gasteiger partial charge in [0.1, 0.15) is 18.1 Å². The minimum absolute atomic E-state index is 0.0893. The van der Waals surface area contributed by atoms with E-state index in [2.05, 4.69) is 15.9 Å². The highest BCUT2D eigenvalue weighted by Crippen LogP contribution is 2.24. The van der Waals surface area contributed by atoms with Gasteiger partial charge in [-0.15, -0.1) is 0 Å². The Labute approximate surface area is 150 Å². The minimum atomic E-state index is -0.261. The molecule has 1 N–H and O–H groups in total. The van der Waals surface area contributed by atoms with E-state index in [0.717, 1.165) is 15.6 Å². The van der Waals surface area contributed by atoms with Crippen molar-refractivity contribution in [1.29, 1.82) is 0 Å². The van der Waals surface area contributed by atoms with Crippen LogP contribution < -0.4 is 4.74 Å². The molecule has 0 radical (unpaired) electrons. The van der Waals surface area contributed by atoms with Crippen molar-refractivity contribution in [3.8, 4) is 11.5 Å². The van der Waals surface area contributed by atoms with E-state index < -0.39 is 0 Å². The normalized spacial score (nSPS) is 10.6. The summed E-state index contributed by atoms with van der Waals surface area (Å²) in [6.45, 7) is 4.40. The Morgan fingerprint density at radius 1 is 1.21 bits per heavy atom. The van der Waals surface area contributed by atoms with Crippen LogP contribution in [0.1, 0.15) is 29.8 Å². The van der Waals surface area contributed by atoms with Gasteiger partial charge in [-0.05, 0) is 55.8 Å². The number of hydrogen-bond acceptors (Lipinski definition) is 3. The Hall–Kier alpha value is -2.33. The number of phenolic OH excluding ortho intramolecular Hbond substituents is 1. The summed E-state index contributed by atoms with van der Waals surface area (Å²) in [5.74, 6) is 0.175. The summed E-state index contributed by atoms with van der Waals surface area (Å²) in [5, 5.41) is 10.1. The van der Waals surface area contributed by atoms with Gasteiger partial charge >= 0.3 is 0 Å². The molecule has 0 saturated heterocycles. The number of ketones is 1. The van der Waals surface area contributed by atoms with E-state index in [9.17, 15) is 9.90 Å². The highest BCUT2D eigenvalue weighted by Gasteiger charge is 2.09. The number of ether oxygens (including phenoxy) is 1. The fourth-order valence-electron chi connectivity index (χ4n) is 1.99. The van der Waals surface area contributed by atoms with Crippen molar-refractivity contribution in [1.82, 2.24) is 0 Å². The Morgan fingerprint density at radius 2 is 2.00 bits per heavy atom. The van der Waals surface area contributed by atoms with E-state index in [1.807, 2.05) is 44.2 Å². The van der Waals surface area contributed by atoms with Crippen LogP contribution in [0.3, 0.4) is 0 Å². The number of halogens is 1. The SMILES string of the molecule is CC(C)=CCOc1ccc(C(=O)/C=C/c2cccc(Br)c2)c(O)c1. The number of benzene rings is 2. The van der Waals surface area contributed by atoms with Crippen LogP contribution in [0.4, 0.5) is 0 Å². The third-order valence-corrected chi connectivity index (χ3v) is 3.75. The van der Waals surface area contributed by atoms with Gasteiger partial charge in [-0.25, -0.2) is 0 Å². The first-order valence-corrected chi connectivity index (χ1v) is 8.32. The van der Waals surface area contributed by atoms with Gasteiger partial charge in [-0.3, -0.25) is 4.79 Å². The van der Waals surface area contributed by atoms with Gasteiger partial charge in [0.05, 0.1) is 5.56 Å². The molecule has 2 rings (SSSR count). The fourth-order valence-corrected chi connectivity index (χ4v) is 2.40. The monoisotopic (exact) mass is 386 g/mol. The summed E-state index contributed by atoms with van der Waals surface area (Å²) in [4.78, 5) is 12.2. The summed E-state index contributed by atoms with van der Waals surface area (Å²) in [5.41, 5.74) is 2.30. The number of hydrogen-bond donors (Lipinski definition) is 1. The van der Waals surface area contributed by atoms with E-state index in [1.54, 1.807) is 18.2 Å². The molecular weight excluding hydrogens is 368 g/mol. The van der Waals surface area contributed by atoms with Gasteiger partial charge in [0.25, 0.3) is 0 Å². The summed E-state index contributed by atoms with van der Waals surface area (Å²) in [6, 6.07) is 12.3. The van der Waals surface area contributed by atoms with Crippen molar-refractivity contribution in [2.45, 2.75) is 13.8 Å². The van der Waals surface area contributed by atoms with Crippen molar-refractivity contribution < 1.29 is 14.6 Å². The second-order valence-corrected chi connectivity index (χ2v) is 6.44. The molecule has 0 fully saturated rings. The van der Waals surface area contributed by atoms with Gasteiger partial charge in [0.15, 0.2) is 5.78 Å². The standard InChI is InChI=1S/C20H19BrO3/c1-14(2)10-11-24-17-7-8-18(20(23)13-17)19(22)9-6-15-4-3-5-16(21)12-15/h3-10,12-13,23H,11H2,1-2H3/b9-6+. The van der Waals surface area contributed by atoms with Crippen LogP contribution in [0.5, 0.6) is 11.5 Å². The smallest absolute Gasteiger partial charge is 0.189 e. The molecule has 0 aliphatic heterocycles. The van der Waals surface area contributed by atoms with Gasteiger partial charge in [0.2, 0.25) is 0 Å². The Balaban J connectivity index is 2.08. The molecule has 0 spiro atoms. The lowest BCUT2D eigenvalue weighted by Crippen LogP contribution is -1.98.